The van der Waals surface area contributed by atoms with Gasteiger partial charge in [-0.1, -0.05) is 29.8 Å². The lowest BCUT2D eigenvalue weighted by Gasteiger charge is -2.40. The van der Waals surface area contributed by atoms with Gasteiger partial charge in [0, 0.05) is 30.6 Å². The first kappa shape index (κ1) is 26.5. The number of halogens is 4. The van der Waals surface area contributed by atoms with Crippen molar-refractivity contribution in [3.05, 3.63) is 64.7 Å². The average Bonchev–Trinajstić information content (AvgIpc) is 2.79. The SMILES string of the molecule is CC(C)(C1CCN(C(=O)C[C@H](N)c2ccc(Cl)cc2)CC1)S(=O)(=O)c1cccc(C(F)(F)F)c1. The van der Waals surface area contributed by atoms with E-state index < -0.39 is 32.4 Å². The fraction of sp³-hybridized carbons (Fsp3) is 0.458. The van der Waals surface area contributed by atoms with Crippen LogP contribution in [0.15, 0.2) is 53.4 Å². The second-order valence-electron chi connectivity index (χ2n) is 9.15. The molecule has 34 heavy (non-hydrogen) atoms. The molecule has 1 atom stereocenters. The van der Waals surface area contributed by atoms with Gasteiger partial charge < -0.3 is 10.6 Å². The summed E-state index contributed by atoms with van der Waals surface area (Å²) in [5.41, 5.74) is 5.96. The van der Waals surface area contributed by atoms with Crippen molar-refractivity contribution >= 4 is 27.3 Å². The van der Waals surface area contributed by atoms with Crippen LogP contribution in [0.25, 0.3) is 0 Å². The van der Waals surface area contributed by atoms with Crippen LogP contribution < -0.4 is 5.73 Å². The number of hydrogen-bond acceptors (Lipinski definition) is 4. The number of sulfone groups is 1. The Morgan fingerprint density at radius 2 is 1.71 bits per heavy atom. The Hall–Kier alpha value is -2.10. The highest BCUT2D eigenvalue weighted by atomic mass is 35.5. The molecule has 0 aromatic heterocycles. The molecule has 0 radical (unpaired) electrons. The lowest BCUT2D eigenvalue weighted by molar-refractivity contribution is -0.137. The summed E-state index contributed by atoms with van der Waals surface area (Å²) in [5, 5.41) is 0.576. The van der Waals surface area contributed by atoms with Crippen LogP contribution >= 0.6 is 11.6 Å². The smallest absolute Gasteiger partial charge is 0.343 e. The van der Waals surface area contributed by atoms with Gasteiger partial charge in [0.2, 0.25) is 5.91 Å². The van der Waals surface area contributed by atoms with Crippen molar-refractivity contribution in [3.63, 3.8) is 0 Å². The summed E-state index contributed by atoms with van der Waals surface area (Å²) < 4.78 is 64.6. The third-order valence-corrected chi connectivity index (χ3v) is 9.53. The Bertz CT molecular complexity index is 1130. The fourth-order valence-electron chi connectivity index (χ4n) is 4.33. The van der Waals surface area contributed by atoms with E-state index in [1.54, 1.807) is 43.0 Å². The van der Waals surface area contributed by atoms with Crippen LogP contribution in [-0.2, 0) is 20.8 Å². The number of benzene rings is 2. The molecule has 1 saturated heterocycles. The highest BCUT2D eigenvalue weighted by molar-refractivity contribution is 7.92. The van der Waals surface area contributed by atoms with Gasteiger partial charge in [0.25, 0.3) is 0 Å². The summed E-state index contributed by atoms with van der Waals surface area (Å²) in [6, 6.07) is 10.3. The topological polar surface area (TPSA) is 80.5 Å². The molecule has 2 aromatic carbocycles. The maximum atomic E-state index is 13.3. The van der Waals surface area contributed by atoms with E-state index in [-0.39, 0.29) is 23.1 Å². The Labute approximate surface area is 203 Å². The van der Waals surface area contributed by atoms with Gasteiger partial charge in [-0.2, -0.15) is 13.2 Å². The fourth-order valence-corrected chi connectivity index (χ4v) is 6.28. The van der Waals surface area contributed by atoms with Crippen molar-refractivity contribution < 1.29 is 26.4 Å². The van der Waals surface area contributed by atoms with E-state index >= 15 is 0 Å². The highest BCUT2D eigenvalue weighted by Crippen LogP contribution is 2.39. The van der Waals surface area contributed by atoms with Crippen LogP contribution in [0.1, 0.15) is 50.3 Å². The van der Waals surface area contributed by atoms with Crippen LogP contribution in [-0.4, -0.2) is 37.1 Å². The molecule has 1 amide bonds. The van der Waals surface area contributed by atoms with Gasteiger partial charge >= 0.3 is 6.18 Å². The third-order valence-electron chi connectivity index (χ3n) is 6.69. The number of alkyl halides is 3. The van der Waals surface area contributed by atoms with Crippen molar-refractivity contribution in [1.82, 2.24) is 4.90 Å². The zero-order valence-corrected chi connectivity index (χ0v) is 20.6. The summed E-state index contributed by atoms with van der Waals surface area (Å²) in [6.45, 7) is 3.80. The van der Waals surface area contributed by atoms with Gasteiger partial charge in [0.15, 0.2) is 9.84 Å². The third kappa shape index (κ3) is 5.58. The van der Waals surface area contributed by atoms with Gasteiger partial charge in [0.1, 0.15) is 0 Å². The van der Waals surface area contributed by atoms with Crippen LogP contribution in [0.5, 0.6) is 0 Å². The summed E-state index contributed by atoms with van der Waals surface area (Å²) in [5.74, 6) is -0.444. The van der Waals surface area contributed by atoms with E-state index in [4.69, 9.17) is 17.3 Å². The molecule has 0 saturated carbocycles. The van der Waals surface area contributed by atoms with E-state index in [0.29, 0.717) is 37.0 Å². The largest absolute Gasteiger partial charge is 0.416 e. The summed E-state index contributed by atoms with van der Waals surface area (Å²) in [6.07, 6.45) is -3.67. The lowest BCUT2D eigenvalue weighted by atomic mass is 9.85. The molecule has 2 N–H and O–H groups in total. The number of carbonyl (C=O) groups is 1. The minimum atomic E-state index is -4.63. The molecule has 0 spiro atoms. The first-order chi connectivity index (χ1) is 15.7. The van der Waals surface area contributed by atoms with Gasteiger partial charge in [-0.15, -0.1) is 0 Å². The molecule has 10 heteroatoms. The van der Waals surface area contributed by atoms with Gasteiger partial charge in [-0.05, 0) is 68.5 Å². The number of carbonyl (C=O) groups excluding carboxylic acids is 1. The molecule has 1 heterocycles. The number of nitrogens with two attached hydrogens (primary N) is 1. The maximum Gasteiger partial charge on any atom is 0.416 e. The molecule has 5 nitrogen and oxygen atoms in total. The molecule has 0 aliphatic carbocycles. The summed E-state index contributed by atoms with van der Waals surface area (Å²) >= 11 is 5.88. The van der Waals surface area contributed by atoms with E-state index in [2.05, 4.69) is 0 Å². The summed E-state index contributed by atoms with van der Waals surface area (Å²) in [4.78, 5) is 14.1. The van der Waals surface area contributed by atoms with Crippen LogP contribution in [0.4, 0.5) is 13.2 Å². The van der Waals surface area contributed by atoms with Crippen molar-refractivity contribution in [2.75, 3.05) is 13.1 Å². The average molecular weight is 517 g/mol. The molecular weight excluding hydrogens is 489 g/mol. The zero-order valence-electron chi connectivity index (χ0n) is 19.0. The molecule has 1 aliphatic heterocycles. The van der Waals surface area contributed by atoms with Crippen LogP contribution in [0.2, 0.25) is 5.02 Å². The Morgan fingerprint density at radius 1 is 1.12 bits per heavy atom. The second kappa shape index (κ2) is 9.87. The molecular formula is C24H28ClF3N2O3S. The quantitative estimate of drug-likeness (QED) is 0.569. The van der Waals surface area contributed by atoms with Gasteiger partial charge in [0.05, 0.1) is 15.2 Å². The lowest BCUT2D eigenvalue weighted by Crippen LogP contribution is -2.48. The first-order valence-electron chi connectivity index (χ1n) is 10.9. The molecule has 1 fully saturated rings. The first-order valence-corrected chi connectivity index (χ1v) is 12.8. The number of likely N-dealkylation sites (tertiary alicyclic amines) is 1. The summed E-state index contributed by atoms with van der Waals surface area (Å²) in [7, 11) is -4.05. The predicted molar refractivity (Wildman–Crippen MR) is 125 cm³/mol. The van der Waals surface area contributed by atoms with E-state index in [1.807, 2.05) is 0 Å². The molecule has 3 rings (SSSR count). The number of hydrogen-bond donors (Lipinski definition) is 1. The number of piperidine rings is 1. The normalized spacial score (nSPS) is 17.0. The molecule has 0 unspecified atom stereocenters. The van der Waals surface area contributed by atoms with Crippen LogP contribution in [0, 0.1) is 5.92 Å². The second-order valence-corrected chi connectivity index (χ2v) is 12.1. The van der Waals surface area contributed by atoms with Crippen molar-refractivity contribution in [3.8, 4) is 0 Å². The van der Waals surface area contributed by atoms with Gasteiger partial charge in [-0.25, -0.2) is 8.42 Å². The van der Waals surface area contributed by atoms with E-state index in [1.165, 1.54) is 6.07 Å². The minimum absolute atomic E-state index is 0.109. The standard InChI is InChI=1S/C24H28ClF3N2O3S/c1-23(2,34(32,33)20-5-3-4-18(14-20)24(26,27)28)17-10-12-30(13-11-17)22(31)15-21(29)16-6-8-19(25)9-7-16/h3-9,14,17,21H,10-13,15,29H2,1-2H3/t21-/m0/s1. The highest BCUT2D eigenvalue weighted by Gasteiger charge is 2.45. The molecule has 2 aromatic rings. The number of rotatable bonds is 6. The molecule has 1 aliphatic rings. The van der Waals surface area contributed by atoms with Crippen molar-refractivity contribution in [2.45, 2.75) is 55.0 Å². The number of nitrogens with zero attached hydrogens (tertiary/aromatic N) is 1. The Balaban J connectivity index is 1.66. The number of amides is 1. The van der Waals surface area contributed by atoms with Crippen LogP contribution in [0.3, 0.4) is 0 Å². The predicted octanol–water partition coefficient (Wildman–Crippen LogP) is 5.24. The molecule has 186 valence electrons. The molecule has 0 bridgehead atoms. The van der Waals surface area contributed by atoms with Crippen molar-refractivity contribution in [2.24, 2.45) is 11.7 Å². The van der Waals surface area contributed by atoms with Crippen molar-refractivity contribution in [1.29, 1.82) is 0 Å². The van der Waals surface area contributed by atoms with E-state index in [9.17, 15) is 26.4 Å². The Kier molecular flexibility index (Phi) is 7.70. The Morgan fingerprint density at radius 3 is 2.26 bits per heavy atom. The minimum Gasteiger partial charge on any atom is -0.343 e. The van der Waals surface area contributed by atoms with Gasteiger partial charge in [-0.3, -0.25) is 4.79 Å². The monoisotopic (exact) mass is 516 g/mol. The maximum absolute atomic E-state index is 13.3. The zero-order chi connectivity index (χ0) is 25.3. The van der Waals surface area contributed by atoms with E-state index in [0.717, 1.165) is 17.7 Å².